The van der Waals surface area contributed by atoms with Crippen molar-refractivity contribution in [3.8, 4) is 23.0 Å². The van der Waals surface area contributed by atoms with E-state index in [1.54, 1.807) is 27.0 Å². The minimum atomic E-state index is -0.419. The number of ether oxygens (including phenoxy) is 1. The van der Waals surface area contributed by atoms with Gasteiger partial charge in [0.05, 0.1) is 12.8 Å². The van der Waals surface area contributed by atoms with Crippen molar-refractivity contribution in [3.63, 3.8) is 0 Å². The molecule has 0 aliphatic carbocycles. The summed E-state index contributed by atoms with van der Waals surface area (Å²) in [6.45, 7) is 3.79. The number of hydrogen-bond donors (Lipinski definition) is 3. The summed E-state index contributed by atoms with van der Waals surface area (Å²) in [7, 11) is 1.60. The fraction of sp³-hybridized carbons (Fsp3) is 0.167. The Morgan fingerprint density at radius 2 is 1.82 bits per heavy atom. The molecule has 9 heteroatoms. The Kier molecular flexibility index (Phi) is 6.21. The quantitative estimate of drug-likeness (QED) is 0.421. The zero-order valence-electron chi connectivity index (χ0n) is 18.5. The standard InChI is InChI=1S/C24H24N6O3/c1-15-16(2)26-23(28-22(15)31)30-21(13-20(29-30)18-7-5-4-6-8-18)27-24(32)25-14-17-9-11-19(33-3)12-10-17/h4-13H,14H2,1-3H3,(H2,25,27,32)(H,26,28,31). The predicted molar refractivity (Wildman–Crippen MR) is 126 cm³/mol. The number of carbonyl (C=O) groups is 1. The normalized spacial score (nSPS) is 10.6. The van der Waals surface area contributed by atoms with E-state index in [0.717, 1.165) is 16.9 Å². The first-order valence-corrected chi connectivity index (χ1v) is 10.4. The molecule has 0 bridgehead atoms. The Morgan fingerprint density at radius 1 is 1.09 bits per heavy atom. The first kappa shape index (κ1) is 21.8. The van der Waals surface area contributed by atoms with Gasteiger partial charge in [-0.1, -0.05) is 42.5 Å². The van der Waals surface area contributed by atoms with Crippen LogP contribution in [0.5, 0.6) is 5.75 Å². The van der Waals surface area contributed by atoms with E-state index < -0.39 is 6.03 Å². The van der Waals surface area contributed by atoms with Crippen LogP contribution < -0.4 is 20.9 Å². The summed E-state index contributed by atoms with van der Waals surface area (Å²) in [5, 5.41) is 10.2. The van der Waals surface area contributed by atoms with Crippen molar-refractivity contribution in [1.82, 2.24) is 25.1 Å². The minimum Gasteiger partial charge on any atom is -0.497 e. The van der Waals surface area contributed by atoms with E-state index in [2.05, 4.69) is 25.7 Å². The average molecular weight is 444 g/mol. The highest BCUT2D eigenvalue weighted by Gasteiger charge is 2.16. The van der Waals surface area contributed by atoms with Crippen LogP contribution in [0.3, 0.4) is 0 Å². The third-order valence-corrected chi connectivity index (χ3v) is 5.22. The van der Waals surface area contributed by atoms with Gasteiger partial charge < -0.3 is 10.1 Å². The largest absolute Gasteiger partial charge is 0.497 e. The second kappa shape index (κ2) is 9.39. The van der Waals surface area contributed by atoms with Crippen LogP contribution in [-0.2, 0) is 6.54 Å². The number of amides is 2. The van der Waals surface area contributed by atoms with Gasteiger partial charge >= 0.3 is 6.03 Å². The fourth-order valence-corrected chi connectivity index (χ4v) is 3.20. The van der Waals surface area contributed by atoms with Crippen LogP contribution >= 0.6 is 0 Å². The summed E-state index contributed by atoms with van der Waals surface area (Å²) in [5.74, 6) is 1.33. The maximum atomic E-state index is 12.6. The number of aromatic amines is 1. The van der Waals surface area contributed by atoms with Gasteiger partial charge in [-0.3, -0.25) is 15.1 Å². The van der Waals surface area contributed by atoms with Crippen molar-refractivity contribution in [1.29, 1.82) is 0 Å². The number of H-pyrrole nitrogens is 1. The summed E-state index contributed by atoms with van der Waals surface area (Å²) < 4.78 is 6.57. The first-order valence-electron chi connectivity index (χ1n) is 10.4. The number of urea groups is 1. The third-order valence-electron chi connectivity index (χ3n) is 5.22. The number of aromatic nitrogens is 4. The summed E-state index contributed by atoms with van der Waals surface area (Å²) in [6.07, 6.45) is 0. The van der Waals surface area contributed by atoms with Gasteiger partial charge in [0, 0.05) is 29.4 Å². The molecule has 3 N–H and O–H groups in total. The third kappa shape index (κ3) is 4.93. The Morgan fingerprint density at radius 3 is 2.48 bits per heavy atom. The molecule has 9 nitrogen and oxygen atoms in total. The number of nitrogens with zero attached hydrogens (tertiary/aromatic N) is 3. The van der Waals surface area contributed by atoms with Crippen molar-refractivity contribution in [2.45, 2.75) is 20.4 Å². The Balaban J connectivity index is 1.61. The van der Waals surface area contributed by atoms with Gasteiger partial charge in [0.15, 0.2) is 0 Å². The van der Waals surface area contributed by atoms with Crippen LogP contribution in [0.2, 0.25) is 0 Å². The lowest BCUT2D eigenvalue weighted by atomic mass is 10.2. The van der Waals surface area contributed by atoms with Crippen molar-refractivity contribution < 1.29 is 9.53 Å². The van der Waals surface area contributed by atoms with Gasteiger partial charge in [-0.2, -0.15) is 9.78 Å². The number of anilines is 1. The number of nitrogens with one attached hydrogen (secondary N) is 3. The van der Waals surface area contributed by atoms with E-state index >= 15 is 0 Å². The molecule has 4 aromatic rings. The predicted octanol–water partition coefficient (Wildman–Crippen LogP) is 3.57. The van der Waals surface area contributed by atoms with Gasteiger partial charge in [0.25, 0.3) is 5.56 Å². The summed E-state index contributed by atoms with van der Waals surface area (Å²) in [4.78, 5) is 32.1. The number of carbonyl (C=O) groups excluding carboxylic acids is 1. The Labute approximate surface area is 190 Å². The highest BCUT2D eigenvalue weighted by atomic mass is 16.5. The molecule has 0 fully saturated rings. The van der Waals surface area contributed by atoms with Crippen LogP contribution in [0.15, 0.2) is 65.5 Å². The highest BCUT2D eigenvalue weighted by Crippen LogP contribution is 2.23. The van der Waals surface area contributed by atoms with Gasteiger partial charge in [-0.05, 0) is 31.5 Å². The fourth-order valence-electron chi connectivity index (χ4n) is 3.20. The van der Waals surface area contributed by atoms with E-state index in [4.69, 9.17) is 4.74 Å². The lowest BCUT2D eigenvalue weighted by Crippen LogP contribution is -2.29. The molecule has 0 unspecified atom stereocenters. The van der Waals surface area contributed by atoms with Crippen molar-refractivity contribution in [2.24, 2.45) is 0 Å². The van der Waals surface area contributed by atoms with Crippen LogP contribution in [-0.4, -0.2) is 32.9 Å². The van der Waals surface area contributed by atoms with Crippen LogP contribution in [0.4, 0.5) is 10.6 Å². The number of methoxy groups -OCH3 is 1. The highest BCUT2D eigenvalue weighted by molar-refractivity contribution is 5.89. The molecule has 4 rings (SSSR count). The molecule has 2 heterocycles. The smallest absolute Gasteiger partial charge is 0.320 e. The summed E-state index contributed by atoms with van der Waals surface area (Å²) >= 11 is 0. The van der Waals surface area contributed by atoms with E-state index in [9.17, 15) is 9.59 Å². The SMILES string of the molecule is COc1ccc(CNC(=O)Nc2cc(-c3ccccc3)nn2-c2nc(C)c(C)c(=O)[nH]2)cc1. The topological polar surface area (TPSA) is 114 Å². The molecular weight excluding hydrogens is 420 g/mol. The van der Waals surface area contributed by atoms with Gasteiger partial charge in [0.2, 0.25) is 5.95 Å². The van der Waals surface area contributed by atoms with Crippen molar-refractivity contribution in [2.75, 3.05) is 12.4 Å². The average Bonchev–Trinajstić information content (AvgIpc) is 3.25. The molecular formula is C24H24N6O3. The van der Waals surface area contributed by atoms with Gasteiger partial charge in [-0.15, -0.1) is 0 Å². The van der Waals surface area contributed by atoms with E-state index in [-0.39, 0.29) is 11.5 Å². The molecule has 0 aliphatic rings. The molecule has 0 radical (unpaired) electrons. The van der Waals surface area contributed by atoms with E-state index in [1.165, 1.54) is 4.68 Å². The van der Waals surface area contributed by atoms with E-state index in [0.29, 0.717) is 29.3 Å². The second-order valence-corrected chi connectivity index (χ2v) is 7.45. The summed E-state index contributed by atoms with van der Waals surface area (Å²) in [5.41, 5.74) is 3.26. The maximum Gasteiger partial charge on any atom is 0.320 e. The summed E-state index contributed by atoms with van der Waals surface area (Å²) in [6, 6.07) is 18.3. The monoisotopic (exact) mass is 444 g/mol. The van der Waals surface area contributed by atoms with Crippen molar-refractivity contribution in [3.05, 3.63) is 87.8 Å². The molecule has 33 heavy (non-hydrogen) atoms. The molecule has 2 aromatic carbocycles. The Hall–Kier alpha value is -4.40. The van der Waals surface area contributed by atoms with Crippen LogP contribution in [0.25, 0.3) is 17.2 Å². The zero-order chi connectivity index (χ0) is 23.4. The lowest BCUT2D eigenvalue weighted by molar-refractivity contribution is 0.251. The van der Waals surface area contributed by atoms with Crippen molar-refractivity contribution >= 4 is 11.8 Å². The number of benzene rings is 2. The maximum absolute atomic E-state index is 12.6. The molecule has 168 valence electrons. The molecule has 0 saturated heterocycles. The first-order chi connectivity index (χ1) is 15.9. The minimum absolute atomic E-state index is 0.218. The number of hydrogen-bond acceptors (Lipinski definition) is 5. The molecule has 0 saturated carbocycles. The molecule has 2 aromatic heterocycles. The Bertz CT molecular complexity index is 1330. The van der Waals surface area contributed by atoms with E-state index in [1.807, 2.05) is 54.6 Å². The molecule has 0 aliphatic heterocycles. The zero-order valence-corrected chi connectivity index (χ0v) is 18.5. The molecule has 0 atom stereocenters. The number of rotatable bonds is 6. The van der Waals surface area contributed by atoms with Crippen LogP contribution in [0, 0.1) is 13.8 Å². The van der Waals surface area contributed by atoms with Gasteiger partial charge in [-0.25, -0.2) is 9.78 Å². The second-order valence-electron chi connectivity index (χ2n) is 7.45. The molecule has 0 spiro atoms. The van der Waals surface area contributed by atoms with Crippen LogP contribution in [0.1, 0.15) is 16.8 Å². The lowest BCUT2D eigenvalue weighted by Gasteiger charge is -2.10. The number of aryl methyl sites for hydroxylation is 1. The van der Waals surface area contributed by atoms with Gasteiger partial charge in [0.1, 0.15) is 11.6 Å². The molecule has 2 amide bonds.